The van der Waals surface area contributed by atoms with Crippen molar-refractivity contribution in [1.29, 1.82) is 0 Å². The molecular weight excluding hydrogens is 194 g/mol. The lowest BCUT2D eigenvalue weighted by Gasteiger charge is -2.23. The third-order valence-electron chi connectivity index (χ3n) is 2.55. The number of rotatable bonds is 3. The molecule has 0 radical (unpaired) electrons. The zero-order valence-corrected chi connectivity index (χ0v) is 9.36. The molecule has 2 heterocycles. The van der Waals surface area contributed by atoms with E-state index in [0.29, 0.717) is 6.04 Å². The van der Waals surface area contributed by atoms with Crippen molar-refractivity contribution < 1.29 is 0 Å². The van der Waals surface area contributed by atoms with Gasteiger partial charge in [0, 0.05) is 23.7 Å². The fourth-order valence-electron chi connectivity index (χ4n) is 1.74. The standard InChI is InChI=1S/C10H17N3S/c1-8-6-13-10(14-8)7-12-9-2-4-11-5-3-9/h6,9,11-12H,2-5,7H2,1H3. The maximum absolute atomic E-state index is 4.34. The molecule has 0 spiro atoms. The summed E-state index contributed by atoms with van der Waals surface area (Å²) in [5.74, 6) is 0. The van der Waals surface area contributed by atoms with Crippen molar-refractivity contribution in [2.45, 2.75) is 32.4 Å². The van der Waals surface area contributed by atoms with Crippen molar-refractivity contribution in [3.63, 3.8) is 0 Å². The highest BCUT2D eigenvalue weighted by Crippen LogP contribution is 2.11. The van der Waals surface area contributed by atoms with E-state index >= 15 is 0 Å². The number of nitrogens with one attached hydrogen (secondary N) is 2. The molecular formula is C10H17N3S. The Labute approximate surface area is 88.9 Å². The molecule has 0 atom stereocenters. The van der Waals surface area contributed by atoms with Crippen LogP contribution in [0.2, 0.25) is 0 Å². The van der Waals surface area contributed by atoms with Crippen LogP contribution in [0.15, 0.2) is 6.20 Å². The van der Waals surface area contributed by atoms with E-state index < -0.39 is 0 Å². The van der Waals surface area contributed by atoms with Crippen LogP contribution < -0.4 is 10.6 Å². The monoisotopic (exact) mass is 211 g/mol. The van der Waals surface area contributed by atoms with Gasteiger partial charge in [-0.1, -0.05) is 0 Å². The van der Waals surface area contributed by atoms with E-state index in [2.05, 4.69) is 22.5 Å². The van der Waals surface area contributed by atoms with Gasteiger partial charge in [0.05, 0.1) is 0 Å². The minimum absolute atomic E-state index is 0.681. The lowest BCUT2D eigenvalue weighted by molar-refractivity contribution is 0.386. The Morgan fingerprint density at radius 2 is 2.36 bits per heavy atom. The third-order valence-corrected chi connectivity index (χ3v) is 3.46. The van der Waals surface area contributed by atoms with Crippen LogP contribution >= 0.6 is 11.3 Å². The number of aryl methyl sites for hydroxylation is 1. The molecule has 1 fully saturated rings. The molecule has 2 rings (SSSR count). The summed E-state index contributed by atoms with van der Waals surface area (Å²) in [6.07, 6.45) is 4.43. The molecule has 0 amide bonds. The van der Waals surface area contributed by atoms with Crippen molar-refractivity contribution in [3.05, 3.63) is 16.1 Å². The lowest BCUT2D eigenvalue weighted by Crippen LogP contribution is -2.39. The number of piperidine rings is 1. The number of hydrogen-bond acceptors (Lipinski definition) is 4. The highest BCUT2D eigenvalue weighted by Gasteiger charge is 2.12. The highest BCUT2D eigenvalue weighted by atomic mass is 32.1. The van der Waals surface area contributed by atoms with E-state index in [1.54, 1.807) is 11.3 Å². The molecule has 0 saturated carbocycles. The van der Waals surface area contributed by atoms with Crippen LogP contribution in [0.3, 0.4) is 0 Å². The largest absolute Gasteiger partial charge is 0.317 e. The zero-order valence-electron chi connectivity index (χ0n) is 8.55. The van der Waals surface area contributed by atoms with Crippen LogP contribution in [0.25, 0.3) is 0 Å². The quantitative estimate of drug-likeness (QED) is 0.791. The van der Waals surface area contributed by atoms with E-state index in [1.807, 2.05) is 6.20 Å². The number of aromatic nitrogens is 1. The molecule has 4 heteroatoms. The van der Waals surface area contributed by atoms with Gasteiger partial charge in [-0.15, -0.1) is 11.3 Å². The summed E-state index contributed by atoms with van der Waals surface area (Å²) in [5, 5.41) is 8.13. The van der Waals surface area contributed by atoms with Crippen molar-refractivity contribution in [2.24, 2.45) is 0 Å². The molecule has 1 aliphatic rings. The second kappa shape index (κ2) is 4.87. The molecule has 0 aliphatic carbocycles. The Bertz CT molecular complexity index is 279. The predicted molar refractivity (Wildman–Crippen MR) is 59.6 cm³/mol. The highest BCUT2D eigenvalue weighted by molar-refractivity contribution is 7.11. The van der Waals surface area contributed by atoms with Crippen molar-refractivity contribution >= 4 is 11.3 Å². The van der Waals surface area contributed by atoms with Gasteiger partial charge in [-0.3, -0.25) is 0 Å². The fourth-order valence-corrected chi connectivity index (χ4v) is 2.48. The van der Waals surface area contributed by atoms with Gasteiger partial charge in [-0.2, -0.15) is 0 Å². The van der Waals surface area contributed by atoms with Gasteiger partial charge in [0.2, 0.25) is 0 Å². The van der Waals surface area contributed by atoms with Crippen LogP contribution in [0.4, 0.5) is 0 Å². The summed E-state index contributed by atoms with van der Waals surface area (Å²) in [7, 11) is 0. The van der Waals surface area contributed by atoms with Crippen LogP contribution in [0.5, 0.6) is 0 Å². The van der Waals surface area contributed by atoms with Crippen LogP contribution in [0.1, 0.15) is 22.7 Å². The molecule has 0 unspecified atom stereocenters. The van der Waals surface area contributed by atoms with Crippen LogP contribution in [0, 0.1) is 6.92 Å². The van der Waals surface area contributed by atoms with Gasteiger partial charge in [0.1, 0.15) is 5.01 Å². The van der Waals surface area contributed by atoms with E-state index in [1.165, 1.54) is 22.7 Å². The zero-order chi connectivity index (χ0) is 9.80. The summed E-state index contributed by atoms with van der Waals surface area (Å²) >= 11 is 1.79. The van der Waals surface area contributed by atoms with E-state index in [0.717, 1.165) is 19.6 Å². The predicted octanol–water partition coefficient (Wildman–Crippen LogP) is 1.29. The summed E-state index contributed by atoms with van der Waals surface area (Å²) in [6.45, 7) is 5.33. The Morgan fingerprint density at radius 3 is 3.00 bits per heavy atom. The first-order chi connectivity index (χ1) is 6.84. The minimum Gasteiger partial charge on any atom is -0.317 e. The summed E-state index contributed by atoms with van der Waals surface area (Å²) in [5.41, 5.74) is 0. The third kappa shape index (κ3) is 2.77. The number of nitrogens with zero attached hydrogens (tertiary/aromatic N) is 1. The Kier molecular flexibility index (Phi) is 3.50. The molecule has 78 valence electrons. The molecule has 1 aromatic rings. The topological polar surface area (TPSA) is 37.0 Å². The molecule has 0 aromatic carbocycles. The SMILES string of the molecule is Cc1cnc(CNC2CCNCC2)s1. The maximum Gasteiger partial charge on any atom is 0.107 e. The molecule has 1 aromatic heterocycles. The van der Waals surface area contributed by atoms with Crippen LogP contribution in [-0.4, -0.2) is 24.1 Å². The lowest BCUT2D eigenvalue weighted by atomic mass is 10.1. The summed E-state index contributed by atoms with van der Waals surface area (Å²) < 4.78 is 0. The van der Waals surface area contributed by atoms with Crippen molar-refractivity contribution in [1.82, 2.24) is 15.6 Å². The van der Waals surface area contributed by atoms with Gasteiger partial charge < -0.3 is 10.6 Å². The number of hydrogen-bond donors (Lipinski definition) is 2. The van der Waals surface area contributed by atoms with Crippen LogP contribution in [-0.2, 0) is 6.54 Å². The van der Waals surface area contributed by atoms with E-state index in [9.17, 15) is 0 Å². The smallest absolute Gasteiger partial charge is 0.107 e. The minimum atomic E-state index is 0.681. The fraction of sp³-hybridized carbons (Fsp3) is 0.700. The van der Waals surface area contributed by atoms with Gasteiger partial charge in [0.25, 0.3) is 0 Å². The molecule has 0 bridgehead atoms. The maximum atomic E-state index is 4.34. The molecule has 2 N–H and O–H groups in total. The summed E-state index contributed by atoms with van der Waals surface area (Å²) in [6, 6.07) is 0.681. The van der Waals surface area contributed by atoms with Crippen molar-refractivity contribution in [2.75, 3.05) is 13.1 Å². The van der Waals surface area contributed by atoms with Crippen molar-refractivity contribution in [3.8, 4) is 0 Å². The van der Waals surface area contributed by atoms with E-state index in [4.69, 9.17) is 0 Å². The molecule has 14 heavy (non-hydrogen) atoms. The van der Waals surface area contributed by atoms with Gasteiger partial charge in [0.15, 0.2) is 0 Å². The second-order valence-corrected chi connectivity index (χ2v) is 5.09. The van der Waals surface area contributed by atoms with Gasteiger partial charge >= 0.3 is 0 Å². The first-order valence-corrected chi connectivity index (χ1v) is 6.01. The van der Waals surface area contributed by atoms with Gasteiger partial charge in [-0.25, -0.2) is 4.98 Å². The molecule has 1 saturated heterocycles. The van der Waals surface area contributed by atoms with E-state index in [-0.39, 0.29) is 0 Å². The average molecular weight is 211 g/mol. The Hall–Kier alpha value is -0.450. The summed E-state index contributed by atoms with van der Waals surface area (Å²) in [4.78, 5) is 5.64. The Balaban J connectivity index is 1.76. The second-order valence-electron chi connectivity index (χ2n) is 3.77. The van der Waals surface area contributed by atoms with Gasteiger partial charge in [-0.05, 0) is 32.9 Å². The molecule has 3 nitrogen and oxygen atoms in total. The average Bonchev–Trinajstić information content (AvgIpc) is 2.63. The first-order valence-electron chi connectivity index (χ1n) is 5.20. The first kappa shape index (κ1) is 10.1. The Morgan fingerprint density at radius 1 is 1.57 bits per heavy atom. The number of thiazole rings is 1. The molecule has 1 aliphatic heterocycles. The normalized spacial score (nSPS) is 18.6.